The molecule has 0 bridgehead atoms. The number of fused-ring (bicyclic) bond motifs is 3. The molecule has 1 fully saturated rings. The molecule has 24 heavy (non-hydrogen) atoms. The van der Waals surface area contributed by atoms with Crippen LogP contribution in [0.4, 0.5) is 5.69 Å². The quantitative estimate of drug-likeness (QED) is 0.891. The number of aliphatic imine (C=N–C) groups is 1. The summed E-state index contributed by atoms with van der Waals surface area (Å²) in [4.78, 5) is 19.2. The predicted molar refractivity (Wildman–Crippen MR) is 101 cm³/mol. The number of hydrogen-bond donors (Lipinski definition) is 1. The maximum Gasteiger partial charge on any atom is 0.226 e. The van der Waals surface area contributed by atoms with Crippen LogP contribution in [0.15, 0.2) is 34.7 Å². The van der Waals surface area contributed by atoms with Crippen molar-refractivity contribution >= 4 is 34.2 Å². The minimum Gasteiger partial charge on any atom is -0.326 e. The summed E-state index contributed by atoms with van der Waals surface area (Å²) in [6.07, 6.45) is 5.06. The SMILES string of the molecule is CC(C)C(=O)Nc1ccc(C2=CSC3=N[C@H]4CCCC[C@H]4N23)cc1. The zero-order chi connectivity index (χ0) is 16.7. The number of nitrogens with one attached hydrogen (secondary N) is 1. The molecule has 0 saturated heterocycles. The van der Waals surface area contributed by atoms with E-state index in [4.69, 9.17) is 4.99 Å². The number of anilines is 1. The van der Waals surface area contributed by atoms with Crippen molar-refractivity contribution in [1.82, 2.24) is 4.90 Å². The van der Waals surface area contributed by atoms with Crippen molar-refractivity contribution in [3.8, 4) is 0 Å². The second-order valence-corrected chi connectivity index (χ2v) is 7.88. The van der Waals surface area contributed by atoms with Gasteiger partial charge in [-0.2, -0.15) is 0 Å². The van der Waals surface area contributed by atoms with Crippen LogP contribution in [0.25, 0.3) is 5.70 Å². The first kappa shape index (κ1) is 15.8. The van der Waals surface area contributed by atoms with Crippen LogP contribution in [0, 0.1) is 5.92 Å². The van der Waals surface area contributed by atoms with E-state index in [1.165, 1.54) is 42.1 Å². The van der Waals surface area contributed by atoms with Gasteiger partial charge in [-0.25, -0.2) is 0 Å². The van der Waals surface area contributed by atoms with E-state index in [9.17, 15) is 4.79 Å². The lowest BCUT2D eigenvalue weighted by Crippen LogP contribution is -2.38. The maximum atomic E-state index is 11.8. The first-order chi connectivity index (χ1) is 11.6. The summed E-state index contributed by atoms with van der Waals surface area (Å²) in [5.41, 5.74) is 3.31. The van der Waals surface area contributed by atoms with Gasteiger partial charge >= 0.3 is 0 Å². The highest BCUT2D eigenvalue weighted by molar-refractivity contribution is 8.16. The summed E-state index contributed by atoms with van der Waals surface area (Å²) in [6, 6.07) is 9.20. The lowest BCUT2D eigenvalue weighted by Gasteiger charge is -2.32. The Morgan fingerprint density at radius 3 is 2.75 bits per heavy atom. The molecule has 1 aliphatic carbocycles. The Bertz CT molecular complexity index is 708. The average Bonchev–Trinajstić information content (AvgIpc) is 3.14. The van der Waals surface area contributed by atoms with Crippen molar-refractivity contribution in [2.45, 2.75) is 51.6 Å². The third kappa shape index (κ3) is 2.75. The van der Waals surface area contributed by atoms with E-state index in [-0.39, 0.29) is 11.8 Å². The fourth-order valence-electron chi connectivity index (χ4n) is 3.64. The standard InChI is InChI=1S/C19H23N3OS/c1-12(2)18(23)20-14-9-7-13(8-10-14)17-11-24-19-21-15-5-3-4-6-16(15)22(17)19/h7-12,15-16H,3-6H2,1-2H3,(H,20,23)/t15-,16+/m0/s1. The minimum atomic E-state index is -0.00905. The third-order valence-corrected chi connectivity index (χ3v) is 5.87. The topological polar surface area (TPSA) is 44.7 Å². The molecule has 0 aromatic heterocycles. The van der Waals surface area contributed by atoms with Gasteiger partial charge in [0.05, 0.1) is 17.8 Å². The van der Waals surface area contributed by atoms with Gasteiger partial charge in [0.15, 0.2) is 5.17 Å². The zero-order valence-electron chi connectivity index (χ0n) is 14.2. The number of hydrogen-bond acceptors (Lipinski definition) is 4. The molecule has 5 heteroatoms. The predicted octanol–water partition coefficient (Wildman–Crippen LogP) is 4.31. The summed E-state index contributed by atoms with van der Waals surface area (Å²) in [5.74, 6) is 0.0441. The fraction of sp³-hybridized carbons (Fsp3) is 0.474. The molecule has 1 aromatic rings. The second-order valence-electron chi connectivity index (χ2n) is 7.04. The maximum absolute atomic E-state index is 11.8. The van der Waals surface area contributed by atoms with Gasteiger partial charge in [0.25, 0.3) is 0 Å². The Morgan fingerprint density at radius 2 is 2.00 bits per heavy atom. The minimum absolute atomic E-state index is 0.00905. The molecule has 0 spiro atoms. The molecule has 1 N–H and O–H groups in total. The number of carbonyl (C=O) groups excluding carboxylic acids is 1. The Labute approximate surface area is 147 Å². The van der Waals surface area contributed by atoms with Crippen LogP contribution >= 0.6 is 11.8 Å². The van der Waals surface area contributed by atoms with E-state index in [0.717, 1.165) is 5.69 Å². The van der Waals surface area contributed by atoms with Gasteiger partial charge in [-0.1, -0.05) is 50.6 Å². The average molecular weight is 341 g/mol. The summed E-state index contributed by atoms with van der Waals surface area (Å²) in [7, 11) is 0. The molecule has 2 heterocycles. The Morgan fingerprint density at radius 1 is 1.25 bits per heavy atom. The molecule has 0 unspecified atom stereocenters. The molecule has 2 aliphatic heterocycles. The highest BCUT2D eigenvalue weighted by Gasteiger charge is 2.42. The highest BCUT2D eigenvalue weighted by atomic mass is 32.2. The normalized spacial score (nSPS) is 25.2. The van der Waals surface area contributed by atoms with Crippen LogP contribution < -0.4 is 5.32 Å². The molecule has 2 atom stereocenters. The number of nitrogens with zero attached hydrogens (tertiary/aromatic N) is 2. The molecule has 3 aliphatic rings. The van der Waals surface area contributed by atoms with E-state index in [2.05, 4.69) is 27.8 Å². The van der Waals surface area contributed by atoms with Gasteiger partial charge < -0.3 is 10.2 Å². The summed E-state index contributed by atoms with van der Waals surface area (Å²) in [5, 5.41) is 6.33. The Balaban J connectivity index is 1.52. The summed E-state index contributed by atoms with van der Waals surface area (Å²) < 4.78 is 0. The van der Waals surface area contributed by atoms with Crippen LogP contribution in [0.5, 0.6) is 0 Å². The van der Waals surface area contributed by atoms with Crippen LogP contribution in [0.1, 0.15) is 45.1 Å². The van der Waals surface area contributed by atoms with Gasteiger partial charge in [-0.15, -0.1) is 0 Å². The van der Waals surface area contributed by atoms with Crippen molar-refractivity contribution < 1.29 is 4.79 Å². The number of amides is 1. The van der Waals surface area contributed by atoms with Crippen LogP contribution in [0.2, 0.25) is 0 Å². The van der Waals surface area contributed by atoms with Crippen LogP contribution in [-0.2, 0) is 4.79 Å². The molecule has 126 valence electrons. The number of thioether (sulfide) groups is 1. The molecule has 0 radical (unpaired) electrons. The van der Waals surface area contributed by atoms with Gasteiger partial charge in [-0.3, -0.25) is 9.79 Å². The molecule has 4 rings (SSSR count). The summed E-state index contributed by atoms with van der Waals surface area (Å²) in [6.45, 7) is 3.80. The largest absolute Gasteiger partial charge is 0.326 e. The van der Waals surface area contributed by atoms with E-state index in [0.29, 0.717) is 12.1 Å². The van der Waals surface area contributed by atoms with Gasteiger partial charge in [-0.05, 0) is 30.5 Å². The van der Waals surface area contributed by atoms with E-state index >= 15 is 0 Å². The van der Waals surface area contributed by atoms with Crippen molar-refractivity contribution in [2.75, 3.05) is 5.32 Å². The van der Waals surface area contributed by atoms with Crippen LogP contribution in [0.3, 0.4) is 0 Å². The molecule has 4 nitrogen and oxygen atoms in total. The van der Waals surface area contributed by atoms with Gasteiger partial charge in [0.1, 0.15) is 0 Å². The highest BCUT2D eigenvalue weighted by Crippen LogP contribution is 2.44. The Kier molecular flexibility index (Phi) is 4.12. The Hall–Kier alpha value is -1.75. The first-order valence-electron chi connectivity index (χ1n) is 8.78. The van der Waals surface area contributed by atoms with Gasteiger partial charge in [0.2, 0.25) is 5.91 Å². The smallest absolute Gasteiger partial charge is 0.226 e. The van der Waals surface area contributed by atoms with Crippen molar-refractivity contribution in [3.63, 3.8) is 0 Å². The van der Waals surface area contributed by atoms with Crippen molar-refractivity contribution in [2.24, 2.45) is 10.9 Å². The molecule has 1 aromatic carbocycles. The lowest BCUT2D eigenvalue weighted by atomic mass is 9.90. The molecular weight excluding hydrogens is 318 g/mol. The third-order valence-electron chi connectivity index (χ3n) is 5.02. The fourth-order valence-corrected chi connectivity index (χ4v) is 4.65. The summed E-state index contributed by atoms with van der Waals surface area (Å²) >= 11 is 1.74. The van der Waals surface area contributed by atoms with E-state index in [1.54, 1.807) is 11.8 Å². The number of benzene rings is 1. The van der Waals surface area contributed by atoms with Crippen LogP contribution in [-0.4, -0.2) is 28.1 Å². The van der Waals surface area contributed by atoms with E-state index < -0.39 is 0 Å². The lowest BCUT2D eigenvalue weighted by molar-refractivity contribution is -0.118. The zero-order valence-corrected chi connectivity index (χ0v) is 15.0. The first-order valence-corrected chi connectivity index (χ1v) is 9.66. The molecule has 1 saturated carbocycles. The molecule has 1 amide bonds. The van der Waals surface area contributed by atoms with E-state index in [1.807, 2.05) is 26.0 Å². The van der Waals surface area contributed by atoms with Gasteiger partial charge in [0, 0.05) is 17.0 Å². The second kappa shape index (κ2) is 6.28. The van der Waals surface area contributed by atoms with Crippen molar-refractivity contribution in [1.29, 1.82) is 0 Å². The number of carbonyl (C=O) groups is 1. The van der Waals surface area contributed by atoms with Crippen molar-refractivity contribution in [3.05, 3.63) is 35.2 Å². The number of rotatable bonds is 3. The number of amidine groups is 1. The molecular formula is C19H23N3OS. The monoisotopic (exact) mass is 341 g/mol.